The van der Waals surface area contributed by atoms with E-state index < -0.39 is 0 Å². The SMILES string of the molecule is CCCN(Cc1ccccc1)C(=O)Nc1ccc2c(c1)OCCO2. The summed E-state index contributed by atoms with van der Waals surface area (Å²) in [5.74, 6) is 1.39. The summed E-state index contributed by atoms with van der Waals surface area (Å²) in [7, 11) is 0. The first-order chi connectivity index (χ1) is 11.8. The maximum Gasteiger partial charge on any atom is 0.322 e. The van der Waals surface area contributed by atoms with Crippen molar-refractivity contribution in [2.45, 2.75) is 19.9 Å². The van der Waals surface area contributed by atoms with E-state index in [9.17, 15) is 4.79 Å². The average Bonchev–Trinajstić information content (AvgIpc) is 2.62. The molecule has 0 bridgehead atoms. The van der Waals surface area contributed by atoms with Gasteiger partial charge in [0.25, 0.3) is 0 Å². The Bertz CT molecular complexity index is 688. The Kier molecular flexibility index (Phi) is 5.21. The van der Waals surface area contributed by atoms with Crippen LogP contribution in [-0.2, 0) is 6.54 Å². The maximum atomic E-state index is 12.6. The van der Waals surface area contributed by atoms with Crippen molar-refractivity contribution in [1.82, 2.24) is 4.90 Å². The number of rotatable bonds is 5. The van der Waals surface area contributed by atoms with E-state index in [4.69, 9.17) is 9.47 Å². The molecule has 1 N–H and O–H groups in total. The first-order valence-electron chi connectivity index (χ1n) is 8.26. The Hall–Kier alpha value is -2.69. The number of ether oxygens (including phenoxy) is 2. The minimum atomic E-state index is -0.114. The highest BCUT2D eigenvalue weighted by Gasteiger charge is 2.16. The Morgan fingerprint density at radius 2 is 1.83 bits per heavy atom. The van der Waals surface area contributed by atoms with E-state index >= 15 is 0 Å². The van der Waals surface area contributed by atoms with Crippen LogP contribution in [0.1, 0.15) is 18.9 Å². The molecule has 5 nitrogen and oxygen atoms in total. The third-order valence-electron chi connectivity index (χ3n) is 3.79. The molecule has 24 heavy (non-hydrogen) atoms. The van der Waals surface area contributed by atoms with E-state index in [-0.39, 0.29) is 6.03 Å². The normalized spacial score (nSPS) is 12.5. The summed E-state index contributed by atoms with van der Waals surface area (Å²) in [5, 5.41) is 2.95. The molecule has 0 unspecified atom stereocenters. The van der Waals surface area contributed by atoms with Gasteiger partial charge < -0.3 is 19.7 Å². The fraction of sp³-hybridized carbons (Fsp3) is 0.316. The van der Waals surface area contributed by atoms with E-state index in [1.54, 1.807) is 6.07 Å². The van der Waals surface area contributed by atoms with Crippen molar-refractivity contribution in [2.75, 3.05) is 25.1 Å². The minimum Gasteiger partial charge on any atom is -0.486 e. The second kappa shape index (κ2) is 7.73. The highest BCUT2D eigenvalue weighted by Crippen LogP contribution is 2.32. The van der Waals surface area contributed by atoms with Crippen LogP contribution >= 0.6 is 0 Å². The lowest BCUT2D eigenvalue weighted by atomic mass is 10.2. The number of nitrogens with zero attached hydrogens (tertiary/aromatic N) is 1. The highest BCUT2D eigenvalue weighted by molar-refractivity contribution is 5.89. The fourth-order valence-electron chi connectivity index (χ4n) is 2.65. The Morgan fingerprint density at radius 3 is 2.58 bits per heavy atom. The molecular formula is C19H22N2O3. The quantitative estimate of drug-likeness (QED) is 0.906. The second-order valence-electron chi connectivity index (χ2n) is 5.70. The van der Waals surface area contributed by atoms with Gasteiger partial charge in [0.15, 0.2) is 11.5 Å². The molecule has 0 aromatic heterocycles. The van der Waals surface area contributed by atoms with Crippen LogP contribution in [0.3, 0.4) is 0 Å². The van der Waals surface area contributed by atoms with Crippen molar-refractivity contribution in [3.63, 3.8) is 0 Å². The van der Waals surface area contributed by atoms with Gasteiger partial charge in [0, 0.05) is 24.8 Å². The molecular weight excluding hydrogens is 304 g/mol. The van der Waals surface area contributed by atoms with Crippen molar-refractivity contribution in [1.29, 1.82) is 0 Å². The molecule has 3 rings (SSSR count). The predicted molar refractivity (Wildman–Crippen MR) is 93.6 cm³/mol. The third-order valence-corrected chi connectivity index (χ3v) is 3.79. The Labute approximate surface area is 142 Å². The van der Waals surface area contributed by atoms with Crippen LogP contribution in [0.5, 0.6) is 11.5 Å². The van der Waals surface area contributed by atoms with Gasteiger partial charge in [-0.25, -0.2) is 4.79 Å². The van der Waals surface area contributed by atoms with Gasteiger partial charge >= 0.3 is 6.03 Å². The van der Waals surface area contributed by atoms with Crippen LogP contribution < -0.4 is 14.8 Å². The van der Waals surface area contributed by atoms with Crippen molar-refractivity contribution in [3.05, 3.63) is 54.1 Å². The molecule has 2 aromatic rings. The van der Waals surface area contributed by atoms with Gasteiger partial charge in [-0.3, -0.25) is 0 Å². The maximum absolute atomic E-state index is 12.6. The van der Waals surface area contributed by atoms with Crippen LogP contribution in [0.4, 0.5) is 10.5 Å². The molecule has 0 radical (unpaired) electrons. The first kappa shape index (κ1) is 16.2. The summed E-state index contributed by atoms with van der Waals surface area (Å²) >= 11 is 0. The lowest BCUT2D eigenvalue weighted by Crippen LogP contribution is -2.35. The molecule has 1 heterocycles. The lowest BCUT2D eigenvalue weighted by molar-refractivity contribution is 0.171. The van der Waals surface area contributed by atoms with Crippen LogP contribution in [0.15, 0.2) is 48.5 Å². The van der Waals surface area contributed by atoms with Gasteiger partial charge in [0.05, 0.1) is 0 Å². The van der Waals surface area contributed by atoms with Gasteiger partial charge in [-0.15, -0.1) is 0 Å². The molecule has 0 fully saturated rings. The van der Waals surface area contributed by atoms with Crippen molar-refractivity contribution in [3.8, 4) is 11.5 Å². The molecule has 126 valence electrons. The molecule has 0 saturated carbocycles. The third kappa shape index (κ3) is 3.98. The number of carbonyl (C=O) groups is 1. The Morgan fingerprint density at radius 1 is 1.08 bits per heavy atom. The van der Waals surface area contributed by atoms with Gasteiger partial charge in [0.1, 0.15) is 13.2 Å². The number of hydrogen-bond donors (Lipinski definition) is 1. The molecule has 0 aliphatic carbocycles. The van der Waals surface area contributed by atoms with E-state index in [0.717, 1.165) is 12.0 Å². The summed E-state index contributed by atoms with van der Waals surface area (Å²) in [6.07, 6.45) is 0.904. The largest absolute Gasteiger partial charge is 0.486 e. The van der Waals surface area contributed by atoms with Crippen LogP contribution in [0.25, 0.3) is 0 Å². The van der Waals surface area contributed by atoms with Crippen LogP contribution in [0.2, 0.25) is 0 Å². The average molecular weight is 326 g/mol. The summed E-state index contributed by atoms with van der Waals surface area (Å²) in [5.41, 5.74) is 1.82. The molecule has 0 spiro atoms. The van der Waals surface area contributed by atoms with Crippen molar-refractivity contribution >= 4 is 11.7 Å². The lowest BCUT2D eigenvalue weighted by Gasteiger charge is -2.23. The summed E-state index contributed by atoms with van der Waals surface area (Å²) < 4.78 is 11.1. The molecule has 1 aliphatic heterocycles. The van der Waals surface area contributed by atoms with Crippen LogP contribution in [0, 0.1) is 0 Å². The number of urea groups is 1. The standard InChI is InChI=1S/C19H22N2O3/c1-2-10-21(14-15-6-4-3-5-7-15)19(22)20-16-8-9-17-18(13-16)24-12-11-23-17/h3-9,13H,2,10-12,14H2,1H3,(H,20,22). The van der Waals surface area contributed by atoms with Crippen LogP contribution in [-0.4, -0.2) is 30.7 Å². The number of fused-ring (bicyclic) bond motifs is 1. The number of carbonyl (C=O) groups excluding carboxylic acids is 1. The molecule has 1 aliphatic rings. The summed E-state index contributed by atoms with van der Waals surface area (Å²) in [6.45, 7) is 4.44. The van der Waals surface area contributed by atoms with Gasteiger partial charge in [0.2, 0.25) is 0 Å². The predicted octanol–water partition coefficient (Wildman–Crippen LogP) is 3.90. The number of benzene rings is 2. The van der Waals surface area contributed by atoms with E-state index in [1.807, 2.05) is 47.4 Å². The molecule has 5 heteroatoms. The first-order valence-corrected chi connectivity index (χ1v) is 8.26. The topological polar surface area (TPSA) is 50.8 Å². The number of hydrogen-bond acceptors (Lipinski definition) is 3. The van der Waals surface area contributed by atoms with Crippen molar-refractivity contribution < 1.29 is 14.3 Å². The van der Waals surface area contributed by atoms with Crippen molar-refractivity contribution in [2.24, 2.45) is 0 Å². The monoisotopic (exact) mass is 326 g/mol. The summed E-state index contributed by atoms with van der Waals surface area (Å²) in [6, 6.07) is 15.3. The second-order valence-corrected chi connectivity index (χ2v) is 5.70. The van der Waals surface area contributed by atoms with E-state index in [1.165, 1.54) is 0 Å². The zero-order valence-electron chi connectivity index (χ0n) is 13.8. The number of amides is 2. The number of anilines is 1. The minimum absolute atomic E-state index is 0.114. The fourth-order valence-corrected chi connectivity index (χ4v) is 2.65. The molecule has 0 atom stereocenters. The zero-order valence-corrected chi connectivity index (χ0v) is 13.8. The zero-order chi connectivity index (χ0) is 16.8. The van der Waals surface area contributed by atoms with E-state index in [2.05, 4.69) is 12.2 Å². The highest BCUT2D eigenvalue weighted by atomic mass is 16.6. The van der Waals surface area contributed by atoms with Gasteiger partial charge in [-0.05, 0) is 24.1 Å². The smallest absolute Gasteiger partial charge is 0.322 e. The molecule has 2 aromatic carbocycles. The van der Waals surface area contributed by atoms with Gasteiger partial charge in [-0.1, -0.05) is 37.3 Å². The van der Waals surface area contributed by atoms with Gasteiger partial charge in [-0.2, -0.15) is 0 Å². The molecule has 2 amide bonds. The Balaban J connectivity index is 1.69. The number of nitrogens with one attached hydrogen (secondary N) is 1. The van der Waals surface area contributed by atoms with E-state index in [0.29, 0.717) is 43.5 Å². The molecule has 0 saturated heterocycles. The summed E-state index contributed by atoms with van der Waals surface area (Å²) in [4.78, 5) is 14.4.